The van der Waals surface area contributed by atoms with Crippen molar-refractivity contribution < 1.29 is 19.1 Å². The third-order valence-electron chi connectivity index (χ3n) is 5.05. The predicted octanol–water partition coefficient (Wildman–Crippen LogP) is 1.83. The van der Waals surface area contributed by atoms with Crippen LogP contribution < -0.4 is 0 Å². The SMILES string of the molecule is CC(C)(C)[Si](C)(C)OCc1nccnc1C(=O)N1CCOC[C@H]1CO. The molecular formula is C17H29N3O4Si. The van der Waals surface area contributed by atoms with Gasteiger partial charge in [-0.3, -0.25) is 9.78 Å². The van der Waals surface area contributed by atoms with Crippen LogP contribution in [0.5, 0.6) is 0 Å². The van der Waals surface area contributed by atoms with Crippen LogP contribution in [0.4, 0.5) is 0 Å². The number of hydrogen-bond donors (Lipinski definition) is 1. The standard InChI is InChI=1S/C17H29N3O4Si/c1-17(2,3)25(4,5)24-12-14-15(19-7-6-18-14)16(22)20-8-9-23-11-13(20)10-21/h6-7,13,21H,8-12H2,1-5H3/t13-/m1/s1. The predicted molar refractivity (Wildman–Crippen MR) is 96.7 cm³/mol. The number of amides is 1. The minimum atomic E-state index is -1.96. The summed E-state index contributed by atoms with van der Waals surface area (Å²) in [7, 11) is -1.96. The Kier molecular flexibility index (Phi) is 6.31. The van der Waals surface area contributed by atoms with Gasteiger partial charge < -0.3 is 19.2 Å². The first-order valence-corrected chi connectivity index (χ1v) is 11.5. The van der Waals surface area contributed by atoms with Crippen LogP contribution in [0.2, 0.25) is 18.1 Å². The second kappa shape index (κ2) is 7.90. The highest BCUT2D eigenvalue weighted by atomic mass is 28.4. The van der Waals surface area contributed by atoms with Crippen LogP contribution >= 0.6 is 0 Å². The number of ether oxygens (including phenoxy) is 1. The Morgan fingerprint density at radius 2 is 2.08 bits per heavy atom. The zero-order valence-corrected chi connectivity index (χ0v) is 16.8. The maximum absolute atomic E-state index is 12.9. The second-order valence-electron chi connectivity index (χ2n) is 7.81. The first-order chi connectivity index (χ1) is 11.7. The molecule has 1 amide bonds. The van der Waals surface area contributed by atoms with Crippen molar-refractivity contribution in [3.8, 4) is 0 Å². The fourth-order valence-corrected chi connectivity index (χ4v) is 3.26. The van der Waals surface area contributed by atoms with Gasteiger partial charge in [0.15, 0.2) is 14.0 Å². The molecule has 1 atom stereocenters. The van der Waals surface area contributed by atoms with Gasteiger partial charge in [-0.25, -0.2) is 4.98 Å². The zero-order valence-electron chi connectivity index (χ0n) is 15.8. The highest BCUT2D eigenvalue weighted by Crippen LogP contribution is 2.37. The van der Waals surface area contributed by atoms with Gasteiger partial charge in [-0.15, -0.1) is 0 Å². The molecule has 0 saturated carbocycles. The molecule has 2 heterocycles. The number of rotatable bonds is 5. The number of carbonyl (C=O) groups is 1. The van der Waals surface area contributed by atoms with E-state index in [-0.39, 0.29) is 30.2 Å². The van der Waals surface area contributed by atoms with Crippen LogP contribution in [0, 0.1) is 0 Å². The maximum atomic E-state index is 12.9. The van der Waals surface area contributed by atoms with Gasteiger partial charge in [0.25, 0.3) is 5.91 Å². The molecule has 25 heavy (non-hydrogen) atoms. The summed E-state index contributed by atoms with van der Waals surface area (Å²) >= 11 is 0. The van der Waals surface area contributed by atoms with Crippen molar-refractivity contribution in [3.63, 3.8) is 0 Å². The molecular weight excluding hydrogens is 338 g/mol. The number of aliphatic hydroxyl groups is 1. The maximum Gasteiger partial charge on any atom is 0.274 e. The molecule has 0 unspecified atom stereocenters. The van der Waals surface area contributed by atoms with E-state index in [2.05, 4.69) is 43.8 Å². The summed E-state index contributed by atoms with van der Waals surface area (Å²) in [6.45, 7) is 12.2. The van der Waals surface area contributed by atoms with Gasteiger partial charge >= 0.3 is 0 Å². The quantitative estimate of drug-likeness (QED) is 0.799. The molecule has 0 radical (unpaired) electrons. The third kappa shape index (κ3) is 4.63. The summed E-state index contributed by atoms with van der Waals surface area (Å²) in [5.74, 6) is -0.232. The lowest BCUT2D eigenvalue weighted by Gasteiger charge is -2.36. The van der Waals surface area contributed by atoms with Gasteiger partial charge in [0.05, 0.1) is 38.2 Å². The van der Waals surface area contributed by atoms with Crippen LogP contribution in [-0.2, 0) is 15.8 Å². The van der Waals surface area contributed by atoms with Gasteiger partial charge in [0.2, 0.25) is 0 Å². The van der Waals surface area contributed by atoms with E-state index in [1.807, 2.05) is 0 Å². The lowest BCUT2D eigenvalue weighted by Crippen LogP contribution is -2.51. The number of hydrogen-bond acceptors (Lipinski definition) is 6. The average Bonchev–Trinajstić information content (AvgIpc) is 2.58. The Labute approximate surface area is 150 Å². The number of aliphatic hydroxyl groups excluding tert-OH is 1. The van der Waals surface area contributed by atoms with Gasteiger partial charge in [-0.05, 0) is 18.1 Å². The molecule has 0 aromatic carbocycles. The Balaban J connectivity index is 2.18. The van der Waals surface area contributed by atoms with E-state index >= 15 is 0 Å². The van der Waals surface area contributed by atoms with E-state index in [1.165, 1.54) is 6.20 Å². The molecule has 0 bridgehead atoms. The van der Waals surface area contributed by atoms with Crippen molar-refractivity contribution >= 4 is 14.2 Å². The fraction of sp³-hybridized carbons (Fsp3) is 0.706. The zero-order chi connectivity index (χ0) is 18.7. The van der Waals surface area contributed by atoms with Crippen LogP contribution in [0.25, 0.3) is 0 Å². The molecule has 140 valence electrons. The van der Waals surface area contributed by atoms with Crippen molar-refractivity contribution in [2.75, 3.05) is 26.4 Å². The first kappa shape index (κ1) is 20.0. The molecule has 2 rings (SSSR count). The highest BCUT2D eigenvalue weighted by Gasteiger charge is 2.38. The van der Waals surface area contributed by atoms with Gasteiger partial charge in [-0.2, -0.15) is 0 Å². The molecule has 1 aromatic rings. The topological polar surface area (TPSA) is 84.8 Å². The number of carbonyl (C=O) groups excluding carboxylic acids is 1. The summed E-state index contributed by atoms with van der Waals surface area (Å²) in [6, 6.07) is -0.350. The average molecular weight is 368 g/mol. The monoisotopic (exact) mass is 367 g/mol. The van der Waals surface area contributed by atoms with E-state index in [9.17, 15) is 9.90 Å². The Morgan fingerprint density at radius 3 is 2.72 bits per heavy atom. The molecule has 1 aromatic heterocycles. The second-order valence-corrected chi connectivity index (χ2v) is 12.6. The van der Waals surface area contributed by atoms with Crippen molar-refractivity contribution in [3.05, 3.63) is 23.8 Å². The van der Waals surface area contributed by atoms with E-state index in [4.69, 9.17) is 9.16 Å². The third-order valence-corrected chi connectivity index (χ3v) is 9.53. The molecule has 1 aliphatic rings. The summed E-state index contributed by atoms with van der Waals surface area (Å²) < 4.78 is 11.5. The van der Waals surface area contributed by atoms with Gasteiger partial charge in [0.1, 0.15) is 0 Å². The van der Waals surface area contributed by atoms with Crippen LogP contribution in [-0.4, -0.2) is 66.6 Å². The van der Waals surface area contributed by atoms with Crippen LogP contribution in [0.15, 0.2) is 12.4 Å². The van der Waals surface area contributed by atoms with E-state index in [1.54, 1.807) is 11.1 Å². The molecule has 0 aliphatic carbocycles. The highest BCUT2D eigenvalue weighted by molar-refractivity contribution is 6.74. The molecule has 8 heteroatoms. The van der Waals surface area contributed by atoms with Gasteiger partial charge in [-0.1, -0.05) is 20.8 Å². The Bertz CT molecular complexity index is 604. The minimum Gasteiger partial charge on any atom is -0.411 e. The number of morpholine rings is 1. The van der Waals surface area contributed by atoms with Crippen LogP contribution in [0.3, 0.4) is 0 Å². The van der Waals surface area contributed by atoms with E-state index in [0.717, 1.165) is 0 Å². The largest absolute Gasteiger partial charge is 0.411 e. The van der Waals surface area contributed by atoms with Crippen molar-refractivity contribution in [2.24, 2.45) is 0 Å². The summed E-state index contributed by atoms with van der Waals surface area (Å²) in [6.07, 6.45) is 3.08. The molecule has 0 spiro atoms. The number of nitrogens with zero attached hydrogens (tertiary/aromatic N) is 3. The lowest BCUT2D eigenvalue weighted by molar-refractivity contribution is -0.0187. The molecule has 1 saturated heterocycles. The minimum absolute atomic E-state index is 0.0750. The molecule has 1 N–H and O–H groups in total. The normalized spacial score (nSPS) is 19.1. The molecule has 7 nitrogen and oxygen atoms in total. The first-order valence-electron chi connectivity index (χ1n) is 8.61. The summed E-state index contributed by atoms with van der Waals surface area (Å²) in [4.78, 5) is 23.1. The summed E-state index contributed by atoms with van der Waals surface area (Å²) in [5, 5.41) is 9.57. The Morgan fingerprint density at radius 1 is 1.40 bits per heavy atom. The van der Waals surface area contributed by atoms with Gasteiger partial charge in [0, 0.05) is 18.9 Å². The number of aromatic nitrogens is 2. The van der Waals surface area contributed by atoms with Crippen molar-refractivity contribution in [1.82, 2.24) is 14.9 Å². The smallest absolute Gasteiger partial charge is 0.274 e. The Hall–Kier alpha value is -1.35. The molecule has 1 aliphatic heterocycles. The van der Waals surface area contributed by atoms with Crippen LogP contribution in [0.1, 0.15) is 37.0 Å². The van der Waals surface area contributed by atoms with Crippen molar-refractivity contribution in [2.45, 2.75) is 51.6 Å². The fourth-order valence-electron chi connectivity index (χ4n) is 2.33. The van der Waals surface area contributed by atoms with E-state index in [0.29, 0.717) is 31.1 Å². The van der Waals surface area contributed by atoms with E-state index < -0.39 is 8.32 Å². The summed E-state index contributed by atoms with van der Waals surface area (Å²) in [5.41, 5.74) is 0.835. The lowest BCUT2D eigenvalue weighted by atomic mass is 10.2. The molecule has 1 fully saturated rings. The van der Waals surface area contributed by atoms with Crippen molar-refractivity contribution in [1.29, 1.82) is 0 Å².